The van der Waals surface area contributed by atoms with Crippen LogP contribution < -0.4 is 4.90 Å². The Hall–Kier alpha value is -3.83. The Morgan fingerprint density at radius 1 is 0.886 bits per heavy atom. The second kappa shape index (κ2) is 10.6. The third-order valence-corrected chi connectivity index (χ3v) is 6.61. The third kappa shape index (κ3) is 5.47. The minimum Gasteiger partial charge on any atom is -0.423 e. The molecule has 0 N–H and O–H groups in total. The zero-order valence-corrected chi connectivity index (χ0v) is 20.3. The van der Waals surface area contributed by atoms with Gasteiger partial charge >= 0.3 is 0 Å². The van der Waals surface area contributed by atoms with Crippen molar-refractivity contribution in [1.82, 2.24) is 14.8 Å². The van der Waals surface area contributed by atoms with Crippen molar-refractivity contribution in [1.29, 1.82) is 0 Å². The fraction of sp³-hybridized carbons (Fsp3) is 0.233. The Labute approximate surface area is 207 Å². The highest BCUT2D eigenvalue weighted by Crippen LogP contribution is 2.25. The minimum absolute atomic E-state index is 0.733. The number of nitrogens with zero attached hydrogens (tertiary/aromatic N) is 4. The molecule has 4 aromatic rings. The molecule has 1 aliphatic rings. The number of fused-ring (bicyclic) bond motifs is 1. The van der Waals surface area contributed by atoms with Gasteiger partial charge in [0, 0.05) is 52.0 Å². The van der Waals surface area contributed by atoms with Crippen molar-refractivity contribution in [2.75, 3.05) is 51.2 Å². The van der Waals surface area contributed by atoms with Crippen LogP contribution in [0.3, 0.4) is 0 Å². The lowest BCUT2D eigenvalue weighted by Crippen LogP contribution is -2.48. The van der Waals surface area contributed by atoms with E-state index in [0.29, 0.717) is 0 Å². The van der Waals surface area contributed by atoms with Crippen LogP contribution in [0.25, 0.3) is 22.4 Å². The quantitative estimate of drug-likeness (QED) is 0.316. The van der Waals surface area contributed by atoms with Crippen LogP contribution in [0, 0.1) is 0 Å². The highest BCUT2D eigenvalue weighted by Gasteiger charge is 2.21. The van der Waals surface area contributed by atoms with Gasteiger partial charge in [-0.25, -0.2) is 0 Å². The summed E-state index contributed by atoms with van der Waals surface area (Å²) in [5.41, 5.74) is 6.32. The fourth-order valence-corrected chi connectivity index (χ4v) is 4.49. The Bertz CT molecular complexity index is 1250. The van der Waals surface area contributed by atoms with Gasteiger partial charge in [0.1, 0.15) is 5.52 Å². The molecule has 0 atom stereocenters. The molecule has 0 spiro atoms. The van der Waals surface area contributed by atoms with E-state index in [-0.39, 0.29) is 0 Å². The second-order valence-corrected chi connectivity index (χ2v) is 9.00. The first-order valence-electron chi connectivity index (χ1n) is 12.2. The molecule has 3 aromatic carbocycles. The van der Waals surface area contributed by atoms with Crippen LogP contribution in [0.1, 0.15) is 11.1 Å². The topological polar surface area (TPSA) is 35.8 Å². The van der Waals surface area contributed by atoms with Crippen molar-refractivity contribution < 1.29 is 4.42 Å². The molecule has 1 saturated heterocycles. The molecule has 5 nitrogen and oxygen atoms in total. The molecule has 35 heavy (non-hydrogen) atoms. The molecule has 2 heterocycles. The Morgan fingerprint density at radius 2 is 1.51 bits per heavy atom. The predicted octanol–water partition coefficient (Wildman–Crippen LogP) is 5.64. The highest BCUT2D eigenvalue weighted by molar-refractivity contribution is 5.82. The van der Waals surface area contributed by atoms with E-state index in [1.165, 1.54) is 11.3 Å². The number of para-hydroxylation sites is 2. The number of benzene rings is 3. The molecule has 0 unspecified atom stereocenters. The first-order valence-corrected chi connectivity index (χ1v) is 12.2. The summed E-state index contributed by atoms with van der Waals surface area (Å²) < 4.78 is 5.97. The van der Waals surface area contributed by atoms with Crippen LogP contribution in [0.15, 0.2) is 102 Å². The maximum atomic E-state index is 5.97. The van der Waals surface area contributed by atoms with E-state index in [9.17, 15) is 0 Å². The van der Waals surface area contributed by atoms with Crippen molar-refractivity contribution in [3.8, 4) is 0 Å². The van der Waals surface area contributed by atoms with Crippen LogP contribution in [0.5, 0.6) is 0 Å². The minimum atomic E-state index is 0.733. The summed E-state index contributed by atoms with van der Waals surface area (Å²) >= 11 is 0. The van der Waals surface area contributed by atoms with Gasteiger partial charge in [-0.1, -0.05) is 79.4 Å². The zero-order chi connectivity index (χ0) is 24.0. The largest absolute Gasteiger partial charge is 0.423 e. The molecular weight excluding hydrogens is 432 g/mol. The van der Waals surface area contributed by atoms with Gasteiger partial charge in [-0.05, 0) is 34.9 Å². The van der Waals surface area contributed by atoms with Crippen LogP contribution in [-0.4, -0.2) is 61.1 Å². The molecule has 0 amide bonds. The molecule has 178 valence electrons. The molecule has 5 heteroatoms. The Kier molecular flexibility index (Phi) is 6.96. The van der Waals surface area contributed by atoms with Gasteiger partial charge in [-0.3, -0.25) is 4.90 Å². The van der Waals surface area contributed by atoms with E-state index in [1.807, 2.05) is 30.3 Å². The zero-order valence-electron chi connectivity index (χ0n) is 20.3. The van der Waals surface area contributed by atoms with E-state index in [0.717, 1.165) is 67.5 Å². The lowest BCUT2D eigenvalue weighted by molar-refractivity contribution is 0.236. The summed E-state index contributed by atoms with van der Waals surface area (Å²) in [6.45, 7) is 10.1. The number of hydrogen-bond donors (Lipinski definition) is 0. The monoisotopic (exact) mass is 464 g/mol. The van der Waals surface area contributed by atoms with Gasteiger partial charge in [0.25, 0.3) is 6.01 Å². The summed E-state index contributed by atoms with van der Waals surface area (Å²) in [6, 6.07) is 29.6. The SMILES string of the molecule is C=C(/C=C(/c1ccccc1)N(C)CCN1CCN(c2nc3ccccc3o2)CC1)c1ccccc1. The molecule has 1 aliphatic heterocycles. The predicted molar refractivity (Wildman–Crippen MR) is 145 cm³/mol. The average Bonchev–Trinajstić information content (AvgIpc) is 3.36. The smallest absolute Gasteiger partial charge is 0.298 e. The number of anilines is 1. The number of rotatable bonds is 8. The molecular formula is C30H32N4O. The highest BCUT2D eigenvalue weighted by atomic mass is 16.4. The van der Waals surface area contributed by atoms with Gasteiger partial charge in [0.15, 0.2) is 5.58 Å². The molecule has 0 aliphatic carbocycles. The maximum absolute atomic E-state index is 5.97. The second-order valence-electron chi connectivity index (χ2n) is 9.00. The number of likely N-dealkylation sites (N-methyl/N-ethyl adjacent to an activating group) is 1. The number of piperazine rings is 1. The summed E-state index contributed by atoms with van der Waals surface area (Å²) in [7, 11) is 2.17. The maximum Gasteiger partial charge on any atom is 0.298 e. The molecule has 0 radical (unpaired) electrons. The van der Waals surface area contributed by atoms with E-state index in [4.69, 9.17) is 4.42 Å². The van der Waals surface area contributed by atoms with Gasteiger partial charge in [0.05, 0.1) is 0 Å². The van der Waals surface area contributed by atoms with E-state index < -0.39 is 0 Å². The van der Waals surface area contributed by atoms with Crippen molar-refractivity contribution in [2.45, 2.75) is 0 Å². The van der Waals surface area contributed by atoms with Crippen molar-refractivity contribution in [3.63, 3.8) is 0 Å². The number of aromatic nitrogens is 1. The van der Waals surface area contributed by atoms with Crippen molar-refractivity contribution in [2.24, 2.45) is 0 Å². The lowest BCUT2D eigenvalue weighted by atomic mass is 10.0. The van der Waals surface area contributed by atoms with Gasteiger partial charge in [-0.15, -0.1) is 0 Å². The van der Waals surface area contributed by atoms with Gasteiger partial charge in [0.2, 0.25) is 0 Å². The lowest BCUT2D eigenvalue weighted by Gasteiger charge is -2.35. The summed E-state index contributed by atoms with van der Waals surface area (Å²) in [5, 5.41) is 0. The van der Waals surface area contributed by atoms with Gasteiger partial charge < -0.3 is 14.2 Å². The molecule has 1 fully saturated rings. The molecule has 1 aromatic heterocycles. The first-order chi connectivity index (χ1) is 17.2. The van der Waals surface area contributed by atoms with Crippen LogP contribution in [0.2, 0.25) is 0 Å². The summed E-state index contributed by atoms with van der Waals surface area (Å²) in [5.74, 6) is 0. The normalized spacial score (nSPS) is 14.9. The van der Waals surface area contributed by atoms with Crippen LogP contribution in [-0.2, 0) is 0 Å². The Balaban J connectivity index is 1.21. The number of allylic oxidation sites excluding steroid dienone is 2. The van der Waals surface area contributed by atoms with Crippen LogP contribution >= 0.6 is 0 Å². The standard InChI is InChI=1S/C30H32N4O/c1-24(25-11-5-3-6-12-25)23-28(26-13-7-4-8-14-26)32(2)17-18-33-19-21-34(22-20-33)30-31-27-15-9-10-16-29(27)35-30/h3-16,23H,1,17-22H2,2H3/b28-23-. The molecule has 5 rings (SSSR count). The van der Waals surface area contributed by atoms with E-state index in [2.05, 4.69) is 94.0 Å². The van der Waals surface area contributed by atoms with E-state index >= 15 is 0 Å². The Morgan fingerprint density at radius 3 is 2.20 bits per heavy atom. The third-order valence-electron chi connectivity index (χ3n) is 6.61. The summed E-state index contributed by atoms with van der Waals surface area (Å²) in [4.78, 5) is 11.8. The fourth-order valence-electron chi connectivity index (χ4n) is 4.49. The average molecular weight is 465 g/mol. The number of oxazole rings is 1. The molecule has 0 saturated carbocycles. The van der Waals surface area contributed by atoms with E-state index in [1.54, 1.807) is 0 Å². The van der Waals surface area contributed by atoms with Crippen LogP contribution in [0.4, 0.5) is 6.01 Å². The number of hydrogen-bond acceptors (Lipinski definition) is 5. The van der Waals surface area contributed by atoms with Crippen molar-refractivity contribution >= 4 is 28.4 Å². The van der Waals surface area contributed by atoms with Gasteiger partial charge in [-0.2, -0.15) is 4.98 Å². The summed E-state index contributed by atoms with van der Waals surface area (Å²) in [6.07, 6.45) is 2.20. The molecule has 0 bridgehead atoms. The first kappa shape index (κ1) is 22.9. The van der Waals surface area contributed by atoms with Crippen molar-refractivity contribution in [3.05, 3.63) is 109 Å².